The van der Waals surface area contributed by atoms with E-state index < -0.39 is 18.5 Å². The Morgan fingerprint density at radius 2 is 0.758 bits per heavy atom. The molecular formula is C24H46MoN2O6. The molecule has 0 radical (unpaired) electrons. The van der Waals surface area contributed by atoms with Crippen LogP contribution in [0.3, 0.4) is 0 Å². The van der Waals surface area contributed by atoms with Crippen molar-refractivity contribution >= 4 is 23.4 Å². The molecule has 0 aromatic heterocycles. The Hall–Kier alpha value is -1.43. The van der Waals surface area contributed by atoms with Gasteiger partial charge in [0.25, 0.3) is 0 Å². The van der Waals surface area contributed by atoms with E-state index in [1.54, 1.807) is 0 Å². The number of hydrogen-bond acceptors (Lipinski definition) is 6. The predicted molar refractivity (Wildman–Crippen MR) is 125 cm³/mol. The molecule has 0 spiro atoms. The standard InChI is InChI=1S/2C12H23NO2.Mo.2O/c2*1-4-6-8-13(9-7-5-2)12(15)10-11(3)14;;;/h2*4-10H2,1-3H3;;;. The molecular weight excluding hydrogens is 508 g/mol. The number of Topliss-reactive ketones (excluding diaryl/α,β-unsaturated/α-hetero) is 2. The number of nitrogens with zero attached hydrogens (tertiary/aromatic N) is 2. The van der Waals surface area contributed by atoms with Gasteiger partial charge in [0.2, 0.25) is 11.8 Å². The van der Waals surface area contributed by atoms with Crippen molar-refractivity contribution in [2.24, 2.45) is 0 Å². The summed E-state index contributed by atoms with van der Waals surface area (Å²) in [5.41, 5.74) is 0. The molecule has 8 nitrogen and oxygen atoms in total. The van der Waals surface area contributed by atoms with E-state index in [2.05, 4.69) is 27.7 Å². The maximum atomic E-state index is 11.7. The number of ketones is 2. The first-order chi connectivity index (χ1) is 15.6. The molecule has 0 saturated heterocycles. The van der Waals surface area contributed by atoms with E-state index in [0.29, 0.717) is 0 Å². The Morgan fingerprint density at radius 3 is 0.909 bits per heavy atom. The summed E-state index contributed by atoms with van der Waals surface area (Å²) in [6.07, 6.45) is 8.53. The van der Waals surface area contributed by atoms with E-state index >= 15 is 0 Å². The summed E-state index contributed by atoms with van der Waals surface area (Å²) >= 11 is -2.03. The molecule has 0 aliphatic carbocycles. The fourth-order valence-electron chi connectivity index (χ4n) is 2.77. The molecule has 0 unspecified atom stereocenters. The van der Waals surface area contributed by atoms with Crippen molar-refractivity contribution in [3.63, 3.8) is 0 Å². The maximum absolute atomic E-state index is 11.7. The first-order valence-corrected chi connectivity index (χ1v) is 13.7. The molecule has 33 heavy (non-hydrogen) atoms. The number of rotatable bonds is 16. The number of carbonyl (C=O) groups excluding carboxylic acids is 4. The molecule has 0 N–H and O–H groups in total. The number of amides is 2. The van der Waals surface area contributed by atoms with Gasteiger partial charge in [-0.1, -0.05) is 53.4 Å². The van der Waals surface area contributed by atoms with Gasteiger partial charge in [0.15, 0.2) is 0 Å². The minimum absolute atomic E-state index is 0.00981. The number of unbranched alkanes of at least 4 members (excludes halogenated alkanes) is 4. The molecule has 0 heterocycles. The van der Waals surface area contributed by atoms with Crippen molar-refractivity contribution in [1.82, 2.24) is 9.80 Å². The quantitative estimate of drug-likeness (QED) is 0.205. The average molecular weight is 555 g/mol. The molecule has 0 aromatic carbocycles. The summed E-state index contributed by atoms with van der Waals surface area (Å²) in [4.78, 5) is 48.7. The van der Waals surface area contributed by atoms with Crippen LogP contribution >= 0.6 is 0 Å². The summed E-state index contributed by atoms with van der Waals surface area (Å²) < 4.78 is 17.0. The fourth-order valence-corrected chi connectivity index (χ4v) is 2.77. The first-order valence-electron chi connectivity index (χ1n) is 12.1. The van der Waals surface area contributed by atoms with Gasteiger partial charge >= 0.3 is 25.3 Å². The molecule has 0 aromatic rings. The van der Waals surface area contributed by atoms with Gasteiger partial charge in [0.1, 0.15) is 11.6 Å². The molecule has 0 aliphatic rings. The molecule has 9 heteroatoms. The van der Waals surface area contributed by atoms with E-state index in [9.17, 15) is 19.2 Å². The Balaban J connectivity index is -0.000000487. The summed E-state index contributed by atoms with van der Waals surface area (Å²) in [7, 11) is 0. The predicted octanol–water partition coefficient (Wildman–Crippen LogP) is 4.55. The third kappa shape index (κ3) is 26.7. The van der Waals surface area contributed by atoms with Crippen LogP contribution in [-0.4, -0.2) is 59.4 Å². The van der Waals surface area contributed by atoms with Crippen LogP contribution < -0.4 is 0 Å². The molecule has 0 bridgehead atoms. The number of carbonyl (C=O) groups is 4. The van der Waals surface area contributed by atoms with E-state index in [-0.39, 0.29) is 36.2 Å². The van der Waals surface area contributed by atoms with Crippen molar-refractivity contribution in [1.29, 1.82) is 0 Å². The Kier molecular flexibility index (Phi) is 29.4. The van der Waals surface area contributed by atoms with Gasteiger partial charge in [-0.25, -0.2) is 0 Å². The monoisotopic (exact) mass is 556 g/mol. The minimum atomic E-state index is -2.03. The molecule has 0 aliphatic heterocycles. The van der Waals surface area contributed by atoms with E-state index in [1.165, 1.54) is 13.8 Å². The van der Waals surface area contributed by atoms with Crippen LogP contribution in [0, 0.1) is 0 Å². The van der Waals surface area contributed by atoms with Gasteiger partial charge < -0.3 is 9.80 Å². The van der Waals surface area contributed by atoms with Gasteiger partial charge in [0.05, 0.1) is 12.8 Å². The zero-order valence-corrected chi connectivity index (χ0v) is 23.7. The topological polar surface area (TPSA) is 109 Å². The Bertz CT molecular complexity index is 517. The van der Waals surface area contributed by atoms with Gasteiger partial charge in [-0.3, -0.25) is 19.2 Å². The van der Waals surface area contributed by atoms with Gasteiger partial charge in [-0.15, -0.1) is 0 Å². The van der Waals surface area contributed by atoms with E-state index in [0.717, 1.165) is 77.5 Å². The SMILES string of the molecule is CCCCN(CCCC)C(=O)CC(C)=O.CCCCN(CCCC)C(=O)CC(C)=O.[O]=[Mo]=[O]. The fraction of sp³-hybridized carbons (Fsp3) is 0.833. The van der Waals surface area contributed by atoms with E-state index in [1.807, 2.05) is 9.80 Å². The molecule has 2 amide bonds. The molecule has 0 saturated carbocycles. The van der Waals surface area contributed by atoms with Gasteiger partial charge in [0, 0.05) is 26.2 Å². The van der Waals surface area contributed by atoms with Crippen LogP contribution in [-0.2, 0) is 44.5 Å². The third-order valence-electron chi connectivity index (χ3n) is 4.63. The molecule has 0 fully saturated rings. The summed E-state index contributed by atoms with van der Waals surface area (Å²) in [6, 6.07) is 0. The average Bonchev–Trinajstić information content (AvgIpc) is 2.74. The van der Waals surface area contributed by atoms with Crippen LogP contribution in [0.15, 0.2) is 0 Å². The number of hydrogen-bond donors (Lipinski definition) is 0. The molecule has 0 rings (SSSR count). The summed E-state index contributed by atoms with van der Waals surface area (Å²) in [5.74, 6) is -0.107. The van der Waals surface area contributed by atoms with Crippen LogP contribution in [0.1, 0.15) is 106 Å². The van der Waals surface area contributed by atoms with Crippen LogP contribution in [0.5, 0.6) is 0 Å². The normalized spacial score (nSPS) is 9.52. The Morgan fingerprint density at radius 1 is 0.545 bits per heavy atom. The van der Waals surface area contributed by atoms with Crippen LogP contribution in [0.2, 0.25) is 0 Å². The molecule has 0 atom stereocenters. The van der Waals surface area contributed by atoms with Crippen molar-refractivity contribution in [2.45, 2.75) is 106 Å². The summed E-state index contributed by atoms with van der Waals surface area (Å²) in [5, 5.41) is 0. The molecule has 194 valence electrons. The van der Waals surface area contributed by atoms with E-state index in [4.69, 9.17) is 6.80 Å². The zero-order valence-electron chi connectivity index (χ0n) is 21.7. The van der Waals surface area contributed by atoms with Crippen LogP contribution in [0.4, 0.5) is 0 Å². The Labute approximate surface area is 209 Å². The van der Waals surface area contributed by atoms with Gasteiger partial charge in [-0.05, 0) is 39.5 Å². The third-order valence-corrected chi connectivity index (χ3v) is 4.63. The second kappa shape index (κ2) is 26.8. The van der Waals surface area contributed by atoms with Gasteiger partial charge in [-0.2, -0.15) is 0 Å². The second-order valence-corrected chi connectivity index (χ2v) is 8.34. The van der Waals surface area contributed by atoms with Crippen molar-refractivity contribution < 1.29 is 44.5 Å². The van der Waals surface area contributed by atoms with Crippen LogP contribution in [0.25, 0.3) is 0 Å². The van der Waals surface area contributed by atoms with Crippen molar-refractivity contribution in [2.75, 3.05) is 26.2 Å². The van der Waals surface area contributed by atoms with Crippen molar-refractivity contribution in [3.05, 3.63) is 0 Å². The zero-order chi connectivity index (χ0) is 26.1. The first kappa shape index (κ1) is 36.1. The van der Waals surface area contributed by atoms with Crippen molar-refractivity contribution in [3.8, 4) is 0 Å². The second-order valence-electron chi connectivity index (χ2n) is 8.00. The summed E-state index contributed by atoms with van der Waals surface area (Å²) in [6.45, 7) is 14.5.